The molecule has 4 heterocycles. The number of nitriles is 1. The van der Waals surface area contributed by atoms with E-state index in [0.717, 1.165) is 42.2 Å². The van der Waals surface area contributed by atoms with Gasteiger partial charge in [-0.05, 0) is 62.2 Å². The summed E-state index contributed by atoms with van der Waals surface area (Å²) in [6.45, 7) is 2.90. The van der Waals surface area contributed by atoms with Gasteiger partial charge < -0.3 is 23.9 Å². The van der Waals surface area contributed by atoms with E-state index >= 15 is 0 Å². The number of hydrogen-bond acceptors (Lipinski definition) is 9. The lowest BCUT2D eigenvalue weighted by atomic mass is 9.88. The minimum Gasteiger partial charge on any atom is -0.494 e. The summed E-state index contributed by atoms with van der Waals surface area (Å²) in [6.07, 6.45) is 2.94. The Morgan fingerprint density at radius 3 is 2.74 bits per heavy atom. The van der Waals surface area contributed by atoms with Crippen molar-refractivity contribution in [1.29, 1.82) is 5.26 Å². The molecule has 0 spiro atoms. The van der Waals surface area contributed by atoms with Crippen LogP contribution in [-0.4, -0.2) is 57.3 Å². The summed E-state index contributed by atoms with van der Waals surface area (Å²) >= 11 is 1.54. The Labute approximate surface area is 268 Å². The van der Waals surface area contributed by atoms with Crippen LogP contribution in [-0.2, 0) is 13.1 Å². The molecule has 0 amide bonds. The standard InChI is InChI=1S/C34H30FN5O5S/c1-43-29-13-22(34(41)42)12-27-32(29)38-31(40(27)16-23-15-37-19-46-23)17-39-9-7-21(8-10-39)24-3-2-4-28-33(24)45-30(18-44-28)25-6-5-20(14-36)11-26(25)35/h2-6,11-13,15,19,21,30H,7-10,16-18H2,1H3,(H,41,42)/t30-/m1/s1. The average Bonchev–Trinajstić information content (AvgIpc) is 3.72. The number of methoxy groups -OCH3 is 1. The van der Waals surface area contributed by atoms with Crippen molar-refractivity contribution in [3.8, 4) is 23.3 Å². The predicted octanol–water partition coefficient (Wildman–Crippen LogP) is 6.15. The number of halogens is 1. The molecule has 0 aliphatic carbocycles. The summed E-state index contributed by atoms with van der Waals surface area (Å²) in [5.41, 5.74) is 4.92. The monoisotopic (exact) mass is 639 g/mol. The lowest BCUT2D eigenvalue weighted by Crippen LogP contribution is -2.34. The summed E-state index contributed by atoms with van der Waals surface area (Å²) in [4.78, 5) is 24.4. The number of carboxylic acids is 1. The van der Waals surface area contributed by atoms with E-state index in [4.69, 9.17) is 24.5 Å². The molecule has 0 unspecified atom stereocenters. The summed E-state index contributed by atoms with van der Waals surface area (Å²) in [5.74, 6) is 1.25. The second-order valence-electron chi connectivity index (χ2n) is 11.4. The van der Waals surface area contributed by atoms with Gasteiger partial charge in [-0.2, -0.15) is 5.26 Å². The van der Waals surface area contributed by atoms with Gasteiger partial charge in [0.25, 0.3) is 0 Å². The third-order valence-corrected chi connectivity index (χ3v) is 9.46. The summed E-state index contributed by atoms with van der Waals surface area (Å²) in [7, 11) is 1.52. The van der Waals surface area contributed by atoms with Crippen molar-refractivity contribution < 1.29 is 28.5 Å². The molecule has 7 rings (SSSR count). The zero-order valence-electron chi connectivity index (χ0n) is 25.0. The molecule has 5 aromatic rings. The first-order valence-electron chi connectivity index (χ1n) is 14.9. The SMILES string of the molecule is COc1cc(C(=O)O)cc2c1nc(CN1CCC(c3cccc4c3O[C@@H](c3ccc(C#N)cc3F)CO4)CC1)n2Cc1cncs1. The fourth-order valence-corrected chi connectivity index (χ4v) is 6.92. The van der Waals surface area contributed by atoms with Gasteiger partial charge in [-0.25, -0.2) is 14.2 Å². The van der Waals surface area contributed by atoms with Crippen LogP contribution in [0, 0.1) is 17.1 Å². The van der Waals surface area contributed by atoms with E-state index in [-0.39, 0.29) is 23.7 Å². The molecule has 0 radical (unpaired) electrons. The molecule has 0 saturated carbocycles. The molecule has 2 aliphatic rings. The molecule has 1 fully saturated rings. The van der Waals surface area contributed by atoms with Crippen molar-refractivity contribution >= 4 is 28.3 Å². The van der Waals surface area contributed by atoms with Gasteiger partial charge >= 0.3 is 5.97 Å². The Kier molecular flexibility index (Phi) is 8.02. The maximum absolute atomic E-state index is 14.8. The quantitative estimate of drug-likeness (QED) is 0.213. The Balaban J connectivity index is 1.11. The molecule has 2 aliphatic heterocycles. The van der Waals surface area contributed by atoms with E-state index in [2.05, 4.69) is 20.5 Å². The number of nitrogens with zero attached hydrogens (tertiary/aromatic N) is 5. The fraction of sp³-hybridized carbons (Fsp3) is 0.294. The Bertz CT molecular complexity index is 1960. The first-order valence-corrected chi connectivity index (χ1v) is 15.8. The molecule has 12 heteroatoms. The third kappa shape index (κ3) is 5.63. The van der Waals surface area contributed by atoms with E-state index in [1.165, 1.54) is 30.6 Å². The Morgan fingerprint density at radius 2 is 2.02 bits per heavy atom. The lowest BCUT2D eigenvalue weighted by Gasteiger charge is -2.35. The number of benzene rings is 3. The van der Waals surface area contributed by atoms with Crippen molar-refractivity contribution in [3.63, 3.8) is 0 Å². The Morgan fingerprint density at radius 1 is 1.17 bits per heavy atom. The molecular formula is C34H30FN5O5S. The molecule has 10 nitrogen and oxygen atoms in total. The van der Waals surface area contributed by atoms with E-state index in [0.29, 0.717) is 46.9 Å². The first-order chi connectivity index (χ1) is 22.4. The number of aromatic nitrogens is 3. The molecule has 1 atom stereocenters. The number of ether oxygens (including phenoxy) is 3. The van der Waals surface area contributed by atoms with Gasteiger partial charge in [0, 0.05) is 22.2 Å². The van der Waals surface area contributed by atoms with Crippen LogP contribution < -0.4 is 14.2 Å². The van der Waals surface area contributed by atoms with E-state index in [1.807, 2.05) is 24.4 Å². The van der Waals surface area contributed by atoms with Gasteiger partial charge in [-0.1, -0.05) is 18.2 Å². The molecular weight excluding hydrogens is 609 g/mol. The van der Waals surface area contributed by atoms with Crippen LogP contribution >= 0.6 is 11.3 Å². The zero-order chi connectivity index (χ0) is 31.8. The van der Waals surface area contributed by atoms with Crippen molar-refractivity contribution in [3.05, 3.63) is 99.0 Å². The van der Waals surface area contributed by atoms with Gasteiger partial charge in [-0.3, -0.25) is 9.88 Å². The van der Waals surface area contributed by atoms with Crippen LogP contribution in [0.4, 0.5) is 4.39 Å². The van der Waals surface area contributed by atoms with Gasteiger partial charge in [0.1, 0.15) is 29.5 Å². The van der Waals surface area contributed by atoms with Crippen molar-refractivity contribution in [2.75, 3.05) is 26.8 Å². The number of likely N-dealkylation sites (tertiary alicyclic amines) is 1. The number of aromatic carboxylic acids is 1. The average molecular weight is 640 g/mol. The number of piperidine rings is 1. The Hall–Kier alpha value is -4.99. The molecule has 3 aromatic carbocycles. The van der Waals surface area contributed by atoms with Crippen LogP contribution in [0.2, 0.25) is 0 Å². The van der Waals surface area contributed by atoms with Crippen LogP contribution in [0.1, 0.15) is 62.6 Å². The third-order valence-electron chi connectivity index (χ3n) is 8.69. The van der Waals surface area contributed by atoms with Gasteiger partial charge in [0.15, 0.2) is 17.6 Å². The summed E-state index contributed by atoms with van der Waals surface area (Å²) < 4.78 is 34.9. The number of thiazole rings is 1. The van der Waals surface area contributed by atoms with Crippen LogP contribution in [0.3, 0.4) is 0 Å². The number of fused-ring (bicyclic) bond motifs is 2. The molecule has 46 heavy (non-hydrogen) atoms. The van der Waals surface area contributed by atoms with Crippen LogP contribution in [0.15, 0.2) is 60.2 Å². The van der Waals surface area contributed by atoms with Crippen molar-refractivity contribution in [2.45, 2.75) is 38.0 Å². The molecule has 234 valence electrons. The highest BCUT2D eigenvalue weighted by molar-refractivity contribution is 7.09. The smallest absolute Gasteiger partial charge is 0.335 e. The largest absolute Gasteiger partial charge is 0.494 e. The number of hydrogen-bond donors (Lipinski definition) is 1. The van der Waals surface area contributed by atoms with Crippen molar-refractivity contribution in [1.82, 2.24) is 19.4 Å². The highest BCUT2D eigenvalue weighted by Crippen LogP contribution is 2.45. The zero-order valence-corrected chi connectivity index (χ0v) is 25.8. The van der Waals surface area contributed by atoms with E-state index in [1.54, 1.807) is 23.7 Å². The van der Waals surface area contributed by atoms with E-state index in [9.17, 15) is 14.3 Å². The number of imidazole rings is 1. The number of rotatable bonds is 8. The molecule has 1 N–H and O–H groups in total. The maximum Gasteiger partial charge on any atom is 0.335 e. The minimum absolute atomic E-state index is 0.142. The molecule has 0 bridgehead atoms. The highest BCUT2D eigenvalue weighted by atomic mass is 32.1. The number of carbonyl (C=O) groups is 1. The summed E-state index contributed by atoms with van der Waals surface area (Å²) in [6, 6.07) is 15.4. The van der Waals surface area contributed by atoms with Crippen molar-refractivity contribution in [2.24, 2.45) is 0 Å². The fourth-order valence-electron chi connectivity index (χ4n) is 6.34. The van der Waals surface area contributed by atoms with Crippen LogP contribution in [0.5, 0.6) is 17.2 Å². The first kappa shape index (κ1) is 29.7. The van der Waals surface area contributed by atoms with Gasteiger partial charge in [0.2, 0.25) is 0 Å². The highest BCUT2D eigenvalue weighted by Gasteiger charge is 2.31. The van der Waals surface area contributed by atoms with Crippen LogP contribution in [0.25, 0.3) is 11.0 Å². The number of para-hydroxylation sites is 1. The second kappa shape index (κ2) is 12.4. The van der Waals surface area contributed by atoms with Gasteiger partial charge in [-0.15, -0.1) is 11.3 Å². The normalized spacial score (nSPS) is 16.8. The van der Waals surface area contributed by atoms with Gasteiger partial charge in [0.05, 0.1) is 48.4 Å². The second-order valence-corrected chi connectivity index (χ2v) is 12.4. The summed E-state index contributed by atoms with van der Waals surface area (Å²) in [5, 5.41) is 18.8. The lowest BCUT2D eigenvalue weighted by molar-refractivity contribution is 0.0696. The predicted molar refractivity (Wildman–Crippen MR) is 168 cm³/mol. The van der Waals surface area contributed by atoms with E-state index < -0.39 is 17.9 Å². The number of carboxylic acid groups (broad SMARTS) is 1. The molecule has 2 aromatic heterocycles. The maximum atomic E-state index is 14.8. The molecule has 1 saturated heterocycles. The minimum atomic E-state index is -1.03. The topological polar surface area (TPSA) is 123 Å².